The number of fused-ring (bicyclic) bond motifs is 1. The van der Waals surface area contributed by atoms with Gasteiger partial charge in [-0.15, -0.1) is 0 Å². The predicted octanol–water partition coefficient (Wildman–Crippen LogP) is 5.09. The van der Waals surface area contributed by atoms with Crippen molar-refractivity contribution in [1.29, 1.82) is 0 Å². The molecule has 4 N–H and O–H groups in total. The zero-order chi connectivity index (χ0) is 39.0. The second-order valence-corrected chi connectivity index (χ2v) is 13.4. The highest BCUT2D eigenvalue weighted by atomic mass is 19.1. The summed E-state index contributed by atoms with van der Waals surface area (Å²) in [5, 5.41) is 9.76. The van der Waals surface area contributed by atoms with Gasteiger partial charge in [0.25, 0.3) is 11.5 Å². The number of aromatic amines is 1. The van der Waals surface area contributed by atoms with Gasteiger partial charge >= 0.3 is 0 Å². The molecule has 15 nitrogen and oxygen atoms in total. The van der Waals surface area contributed by atoms with Gasteiger partial charge in [0.15, 0.2) is 17.2 Å². The Morgan fingerprint density at radius 2 is 1.75 bits per heavy atom. The number of carbonyl (C=O) groups is 2. The lowest BCUT2D eigenvalue weighted by molar-refractivity contribution is -0.119. The van der Waals surface area contributed by atoms with Crippen molar-refractivity contribution in [2.45, 2.75) is 38.8 Å². The third-order valence-electron chi connectivity index (χ3n) is 9.51. The van der Waals surface area contributed by atoms with Crippen molar-refractivity contribution in [2.24, 2.45) is 4.99 Å². The second-order valence-electron chi connectivity index (χ2n) is 13.4. The number of carbonyl (C=O) groups excluding carboxylic acids is 2. The summed E-state index contributed by atoms with van der Waals surface area (Å²) in [6.07, 6.45) is 4.01. The van der Waals surface area contributed by atoms with Gasteiger partial charge in [-0.25, -0.2) is 14.2 Å². The van der Waals surface area contributed by atoms with Gasteiger partial charge in [0.2, 0.25) is 17.8 Å². The smallest absolute Gasteiger partial charge is 0.279 e. The maximum absolute atomic E-state index is 13.8. The van der Waals surface area contributed by atoms with Crippen LogP contribution in [0, 0.1) is 12.4 Å². The highest BCUT2D eigenvalue weighted by molar-refractivity contribution is 5.96. The number of nitrogens with one attached hydrogen (secondary N) is 4. The molecule has 284 valence electrons. The maximum Gasteiger partial charge on any atom is 0.279 e. The van der Waals surface area contributed by atoms with E-state index >= 15 is 0 Å². The Morgan fingerprint density at radius 1 is 0.964 bits per heavy atom. The minimum absolute atomic E-state index is 0.0303. The Morgan fingerprint density at radius 3 is 2.52 bits per heavy atom. The van der Waals surface area contributed by atoms with Gasteiger partial charge < -0.3 is 25.8 Å². The van der Waals surface area contributed by atoms with Crippen LogP contribution in [-0.4, -0.2) is 90.9 Å². The molecule has 1 saturated heterocycles. The Hall–Kier alpha value is -6.86. The number of piperazine rings is 1. The van der Waals surface area contributed by atoms with Gasteiger partial charge in [-0.05, 0) is 47.4 Å². The van der Waals surface area contributed by atoms with Crippen LogP contribution < -0.4 is 21.5 Å². The monoisotopic (exact) mass is 754 g/mol. The average molecular weight is 755 g/mol. The molecule has 16 heteroatoms. The van der Waals surface area contributed by atoms with E-state index in [1.165, 1.54) is 24.5 Å². The minimum Gasteiger partial charge on any atom is -0.349 e. The van der Waals surface area contributed by atoms with Crippen LogP contribution >= 0.6 is 0 Å². The summed E-state index contributed by atoms with van der Waals surface area (Å²) in [7, 11) is 0. The molecule has 0 saturated carbocycles. The average Bonchev–Trinajstić information content (AvgIpc) is 3.62. The topological polar surface area (TPSA) is 178 Å². The minimum atomic E-state index is -0.644. The molecule has 0 spiro atoms. The first-order valence-corrected chi connectivity index (χ1v) is 18.2. The summed E-state index contributed by atoms with van der Waals surface area (Å²) in [6, 6.07) is 18.9. The Bertz CT molecular complexity index is 2370. The molecule has 0 aliphatic carbocycles. The zero-order valence-electron chi connectivity index (χ0n) is 30.6. The van der Waals surface area contributed by atoms with E-state index in [2.05, 4.69) is 55.6 Å². The van der Waals surface area contributed by atoms with Crippen molar-refractivity contribution in [2.75, 3.05) is 48.7 Å². The molecule has 1 amide bonds. The Balaban J connectivity index is 1.06. The number of hydrogen-bond acceptors (Lipinski definition) is 12. The highest BCUT2D eigenvalue weighted by Gasteiger charge is 2.25. The largest absolute Gasteiger partial charge is 0.349 e. The summed E-state index contributed by atoms with van der Waals surface area (Å²) in [5.74, 6) is -0.0866. The van der Waals surface area contributed by atoms with Crippen molar-refractivity contribution >= 4 is 52.3 Å². The number of amides is 1. The van der Waals surface area contributed by atoms with Crippen LogP contribution in [0.4, 0.5) is 39.3 Å². The normalized spacial score (nSPS) is 14.3. The van der Waals surface area contributed by atoms with E-state index in [1.54, 1.807) is 30.0 Å². The zero-order valence-corrected chi connectivity index (χ0v) is 30.6. The molecule has 2 aromatic heterocycles. The predicted molar refractivity (Wildman–Crippen MR) is 210 cm³/mol. The quantitative estimate of drug-likeness (QED) is 0.111. The highest BCUT2D eigenvalue weighted by Crippen LogP contribution is 2.28. The first-order valence-electron chi connectivity index (χ1n) is 18.2. The fourth-order valence-electron chi connectivity index (χ4n) is 6.57. The summed E-state index contributed by atoms with van der Waals surface area (Å²) in [6.45, 7) is 12.2. The number of aliphatic imine (C=N–C) groups is 1. The standard InChI is InChI=1S/C40H39FN12O3/c1-3-34(54)33(20-25-7-11-29(42-2)12-8-25)48-40-50-38(45-23-31-21-27-9-10-28(41)22-32(27)46-31)49-39(51-40)47-30-6-4-5-26(19-30)24-52-15-17-53(18-16-52)37(56)35-36(55)44-14-13-43-35/h4-14,19,22,33H,3,15-18,20-21,23-24H2,1H3,(H,44,55)(H3,45,47,48,49,50,51)/t33-/m0/s1. The van der Waals surface area contributed by atoms with Crippen LogP contribution in [0.5, 0.6) is 0 Å². The molecule has 3 aromatic carbocycles. The first kappa shape index (κ1) is 37.5. The Kier molecular flexibility index (Phi) is 11.4. The molecule has 0 unspecified atom stereocenters. The van der Waals surface area contributed by atoms with E-state index in [-0.39, 0.29) is 41.0 Å². The van der Waals surface area contributed by atoms with Gasteiger partial charge in [-0.2, -0.15) is 15.0 Å². The number of ketones is 1. The van der Waals surface area contributed by atoms with Crippen LogP contribution in [0.25, 0.3) is 4.85 Å². The van der Waals surface area contributed by atoms with Gasteiger partial charge in [0, 0.05) is 69.4 Å². The third-order valence-corrected chi connectivity index (χ3v) is 9.51. The summed E-state index contributed by atoms with van der Waals surface area (Å²) in [4.78, 5) is 70.4. The number of aromatic nitrogens is 5. The number of nitrogens with zero attached hydrogens (tertiary/aromatic N) is 8. The number of benzene rings is 3. The molecule has 0 radical (unpaired) electrons. The number of rotatable bonds is 14. The molecular weight excluding hydrogens is 716 g/mol. The molecular formula is C40H39FN12O3. The number of Topliss-reactive ketones (excluding diaryl/α,β-unsaturated/α-hetero) is 1. The van der Waals surface area contributed by atoms with Crippen molar-refractivity contribution in [3.05, 3.63) is 129 Å². The van der Waals surface area contributed by atoms with Crippen LogP contribution in [0.15, 0.2) is 88.9 Å². The molecule has 7 rings (SSSR count). The SMILES string of the molecule is [C-]#[N+]c1ccc(C[C@H](Nc2nc(NCC3=Nc4cc(F)ccc4C3)nc(Nc3cccc(CN4CCN(C(=O)c5ncc[nH]c5=O)CC4)c3)n2)C(=O)CC)cc1. The second kappa shape index (κ2) is 17.1. The summed E-state index contributed by atoms with van der Waals surface area (Å²) < 4.78 is 13.8. The number of H-pyrrole nitrogens is 1. The van der Waals surface area contributed by atoms with Gasteiger partial charge in [0.05, 0.1) is 24.8 Å². The lowest BCUT2D eigenvalue weighted by Gasteiger charge is -2.34. The van der Waals surface area contributed by atoms with Crippen LogP contribution in [0.3, 0.4) is 0 Å². The lowest BCUT2D eigenvalue weighted by Crippen LogP contribution is -2.49. The van der Waals surface area contributed by atoms with E-state index < -0.39 is 11.6 Å². The Labute approximate surface area is 322 Å². The van der Waals surface area contributed by atoms with Gasteiger partial charge in [-0.1, -0.05) is 49.4 Å². The van der Waals surface area contributed by atoms with E-state index in [9.17, 15) is 18.8 Å². The number of anilines is 4. The van der Waals surface area contributed by atoms with E-state index in [0.717, 1.165) is 28.1 Å². The fourth-order valence-corrected chi connectivity index (χ4v) is 6.57. The lowest BCUT2D eigenvalue weighted by atomic mass is 10.0. The van der Waals surface area contributed by atoms with Crippen molar-refractivity contribution < 1.29 is 14.0 Å². The van der Waals surface area contributed by atoms with Gasteiger partial charge in [-0.3, -0.25) is 24.3 Å². The van der Waals surface area contributed by atoms with Crippen molar-refractivity contribution in [1.82, 2.24) is 34.7 Å². The molecule has 4 heterocycles. The van der Waals surface area contributed by atoms with Crippen LogP contribution in [0.2, 0.25) is 0 Å². The molecule has 0 bridgehead atoms. The van der Waals surface area contributed by atoms with Crippen molar-refractivity contribution in [3.63, 3.8) is 0 Å². The van der Waals surface area contributed by atoms with Crippen LogP contribution in [0.1, 0.15) is 40.5 Å². The van der Waals surface area contributed by atoms with E-state index in [0.29, 0.717) is 69.9 Å². The molecule has 5 aromatic rings. The molecule has 1 fully saturated rings. The van der Waals surface area contributed by atoms with Crippen molar-refractivity contribution in [3.8, 4) is 0 Å². The van der Waals surface area contributed by atoms with Crippen LogP contribution in [-0.2, 0) is 24.2 Å². The number of halogens is 1. The number of hydrogen-bond donors (Lipinski definition) is 4. The van der Waals surface area contributed by atoms with E-state index in [1.807, 2.05) is 36.4 Å². The third kappa shape index (κ3) is 9.25. The summed E-state index contributed by atoms with van der Waals surface area (Å²) in [5.41, 5.74) is 4.87. The van der Waals surface area contributed by atoms with Gasteiger partial charge in [0.1, 0.15) is 5.82 Å². The fraction of sp³-hybridized carbons (Fsp3) is 0.275. The first-order chi connectivity index (χ1) is 27.2. The molecule has 56 heavy (non-hydrogen) atoms. The maximum atomic E-state index is 13.8. The molecule has 2 aliphatic rings. The van der Waals surface area contributed by atoms with E-state index in [4.69, 9.17) is 6.57 Å². The molecule has 1 atom stereocenters. The summed E-state index contributed by atoms with van der Waals surface area (Å²) >= 11 is 0. The molecule has 2 aliphatic heterocycles.